The van der Waals surface area contributed by atoms with Gasteiger partial charge in [0.25, 0.3) is 0 Å². The van der Waals surface area contributed by atoms with E-state index in [1.165, 1.54) is 7.11 Å². The van der Waals surface area contributed by atoms with Crippen molar-refractivity contribution in [1.29, 1.82) is 0 Å². The van der Waals surface area contributed by atoms with Crippen LogP contribution in [-0.4, -0.2) is 34.2 Å². The van der Waals surface area contributed by atoms with Gasteiger partial charge in [0.15, 0.2) is 0 Å². The van der Waals surface area contributed by atoms with Crippen molar-refractivity contribution in [2.75, 3.05) is 29.5 Å². The number of ether oxygens (including phenoxy) is 1. The number of nitrogens with zero attached hydrogens (tertiary/aromatic N) is 1. The fourth-order valence-electron chi connectivity index (χ4n) is 2.08. The predicted molar refractivity (Wildman–Crippen MR) is 98.0 cm³/mol. The number of halogens is 1. The van der Waals surface area contributed by atoms with Crippen LogP contribution in [0.4, 0.5) is 11.4 Å². The van der Waals surface area contributed by atoms with E-state index >= 15 is 0 Å². The third-order valence-electron chi connectivity index (χ3n) is 3.18. The van der Waals surface area contributed by atoms with Gasteiger partial charge in [0.1, 0.15) is 12.3 Å². The minimum atomic E-state index is -3.61. The third-order valence-corrected chi connectivity index (χ3v) is 4.85. The number of nitrogens with one attached hydrogen (secondary N) is 1. The van der Waals surface area contributed by atoms with Crippen molar-refractivity contribution in [3.8, 4) is 5.75 Å². The maximum absolute atomic E-state index is 12.3. The van der Waals surface area contributed by atoms with Gasteiger partial charge in [-0.3, -0.25) is 9.10 Å². The van der Waals surface area contributed by atoms with Gasteiger partial charge in [-0.05, 0) is 36.4 Å². The molecule has 0 aliphatic rings. The molecule has 0 saturated heterocycles. The van der Waals surface area contributed by atoms with E-state index in [9.17, 15) is 13.2 Å². The summed E-state index contributed by atoms with van der Waals surface area (Å²) in [6.07, 6.45) is 1.06. The Labute approximate surface area is 149 Å². The Balaban J connectivity index is 2.21. The predicted octanol–water partition coefficient (Wildman–Crippen LogP) is 2.86. The van der Waals surface area contributed by atoms with Crippen LogP contribution in [0.3, 0.4) is 0 Å². The summed E-state index contributed by atoms with van der Waals surface area (Å²) in [5.41, 5.74) is 0.894. The SMILES string of the molecule is COc1ccccc1NC(=O)CN(c1ccc(Br)cc1)S(C)(=O)=O. The quantitative estimate of drug-likeness (QED) is 0.791. The van der Waals surface area contributed by atoms with Crippen LogP contribution in [0.2, 0.25) is 0 Å². The minimum Gasteiger partial charge on any atom is -0.495 e. The van der Waals surface area contributed by atoms with Crippen LogP contribution < -0.4 is 14.4 Å². The molecule has 2 aromatic carbocycles. The fourth-order valence-corrected chi connectivity index (χ4v) is 3.20. The van der Waals surface area contributed by atoms with E-state index in [-0.39, 0.29) is 6.54 Å². The van der Waals surface area contributed by atoms with Crippen LogP contribution in [0, 0.1) is 0 Å². The summed E-state index contributed by atoms with van der Waals surface area (Å²) in [4.78, 5) is 12.3. The van der Waals surface area contributed by atoms with E-state index in [4.69, 9.17) is 4.74 Å². The Morgan fingerprint density at radius 2 is 1.79 bits per heavy atom. The molecule has 0 fully saturated rings. The van der Waals surface area contributed by atoms with E-state index in [0.29, 0.717) is 17.1 Å². The second-order valence-corrected chi connectivity index (χ2v) is 7.82. The first-order valence-electron chi connectivity index (χ1n) is 6.97. The highest BCUT2D eigenvalue weighted by Gasteiger charge is 2.21. The van der Waals surface area contributed by atoms with Crippen molar-refractivity contribution in [1.82, 2.24) is 0 Å². The molecule has 24 heavy (non-hydrogen) atoms. The van der Waals surface area contributed by atoms with E-state index in [0.717, 1.165) is 15.0 Å². The van der Waals surface area contributed by atoms with E-state index in [1.54, 1.807) is 48.5 Å². The molecule has 2 aromatic rings. The van der Waals surface area contributed by atoms with Gasteiger partial charge in [-0.25, -0.2) is 8.42 Å². The van der Waals surface area contributed by atoms with Crippen molar-refractivity contribution in [3.63, 3.8) is 0 Å². The highest BCUT2D eigenvalue weighted by molar-refractivity contribution is 9.10. The summed E-state index contributed by atoms with van der Waals surface area (Å²) in [6, 6.07) is 13.6. The van der Waals surface area contributed by atoms with E-state index in [2.05, 4.69) is 21.2 Å². The maximum Gasteiger partial charge on any atom is 0.245 e. The highest BCUT2D eigenvalue weighted by Crippen LogP contribution is 2.24. The standard InChI is InChI=1S/C16H17BrN2O4S/c1-23-15-6-4-3-5-14(15)18-16(20)11-19(24(2,21)22)13-9-7-12(17)8-10-13/h3-10H,11H2,1-2H3,(H,18,20). The molecule has 2 rings (SSSR count). The molecule has 0 unspecified atom stereocenters. The van der Waals surface area contributed by atoms with Gasteiger partial charge in [0.2, 0.25) is 15.9 Å². The van der Waals surface area contributed by atoms with Crippen molar-refractivity contribution in [3.05, 3.63) is 53.0 Å². The Hall–Kier alpha value is -2.06. The molecule has 0 atom stereocenters. The van der Waals surface area contributed by atoms with Crippen LogP contribution in [0.15, 0.2) is 53.0 Å². The number of methoxy groups -OCH3 is 1. The van der Waals surface area contributed by atoms with E-state index < -0.39 is 15.9 Å². The molecule has 0 radical (unpaired) electrons. The summed E-state index contributed by atoms with van der Waals surface area (Å²) in [6.45, 7) is -0.335. The molecule has 6 nitrogen and oxygen atoms in total. The van der Waals surface area contributed by atoms with Crippen LogP contribution in [0.5, 0.6) is 5.75 Å². The zero-order valence-electron chi connectivity index (χ0n) is 13.2. The Kier molecular flexibility index (Phi) is 5.84. The van der Waals surface area contributed by atoms with Gasteiger partial charge in [-0.2, -0.15) is 0 Å². The van der Waals surface area contributed by atoms with Crippen LogP contribution in [0.1, 0.15) is 0 Å². The lowest BCUT2D eigenvalue weighted by Crippen LogP contribution is -2.37. The number of anilines is 2. The first kappa shape index (κ1) is 18.3. The molecule has 0 aliphatic carbocycles. The summed E-state index contributed by atoms with van der Waals surface area (Å²) < 4.78 is 31.1. The molecule has 0 bridgehead atoms. The number of amides is 1. The largest absolute Gasteiger partial charge is 0.495 e. The number of hydrogen-bond acceptors (Lipinski definition) is 4. The van der Waals surface area contributed by atoms with Crippen LogP contribution in [0.25, 0.3) is 0 Å². The van der Waals surface area contributed by atoms with Gasteiger partial charge in [0.05, 0.1) is 24.7 Å². The number of rotatable bonds is 6. The van der Waals surface area contributed by atoms with Crippen molar-refractivity contribution < 1.29 is 17.9 Å². The lowest BCUT2D eigenvalue weighted by molar-refractivity contribution is -0.114. The van der Waals surface area contributed by atoms with Crippen LogP contribution >= 0.6 is 15.9 Å². The molecule has 8 heteroatoms. The zero-order chi connectivity index (χ0) is 17.7. The number of hydrogen-bond donors (Lipinski definition) is 1. The molecular weight excluding hydrogens is 396 g/mol. The number of carbonyl (C=O) groups excluding carboxylic acids is 1. The average Bonchev–Trinajstić information content (AvgIpc) is 2.53. The van der Waals surface area contributed by atoms with Crippen molar-refractivity contribution in [2.45, 2.75) is 0 Å². The summed E-state index contributed by atoms with van der Waals surface area (Å²) in [5, 5.41) is 2.67. The Morgan fingerprint density at radius 1 is 1.17 bits per heavy atom. The Bertz CT molecular complexity index is 822. The van der Waals surface area contributed by atoms with E-state index in [1.807, 2.05) is 0 Å². The second kappa shape index (κ2) is 7.67. The first-order chi connectivity index (χ1) is 11.3. The number of benzene rings is 2. The lowest BCUT2D eigenvalue weighted by atomic mass is 10.3. The molecule has 0 heterocycles. The second-order valence-electron chi connectivity index (χ2n) is 4.99. The monoisotopic (exact) mass is 412 g/mol. The molecule has 0 aromatic heterocycles. The summed E-state index contributed by atoms with van der Waals surface area (Å²) in [5.74, 6) is 0.0354. The number of carbonyl (C=O) groups is 1. The van der Waals surface area contributed by atoms with Gasteiger partial charge in [0, 0.05) is 4.47 Å². The normalized spacial score (nSPS) is 11.0. The fraction of sp³-hybridized carbons (Fsp3) is 0.188. The van der Waals surface area contributed by atoms with Crippen molar-refractivity contribution in [2.24, 2.45) is 0 Å². The van der Waals surface area contributed by atoms with Crippen LogP contribution in [-0.2, 0) is 14.8 Å². The zero-order valence-corrected chi connectivity index (χ0v) is 15.6. The first-order valence-corrected chi connectivity index (χ1v) is 9.61. The van der Waals surface area contributed by atoms with Crippen molar-refractivity contribution >= 4 is 43.2 Å². The molecular formula is C16H17BrN2O4S. The maximum atomic E-state index is 12.3. The molecule has 128 valence electrons. The highest BCUT2D eigenvalue weighted by atomic mass is 79.9. The smallest absolute Gasteiger partial charge is 0.245 e. The molecule has 1 N–H and O–H groups in total. The molecule has 1 amide bonds. The molecule has 0 aliphatic heterocycles. The van der Waals surface area contributed by atoms with Gasteiger partial charge >= 0.3 is 0 Å². The third kappa shape index (κ3) is 4.72. The summed E-state index contributed by atoms with van der Waals surface area (Å²) in [7, 11) is -2.11. The average molecular weight is 413 g/mol. The number of sulfonamides is 1. The lowest BCUT2D eigenvalue weighted by Gasteiger charge is -2.22. The summed E-state index contributed by atoms with van der Waals surface area (Å²) >= 11 is 3.29. The van der Waals surface area contributed by atoms with Gasteiger partial charge < -0.3 is 10.1 Å². The van der Waals surface area contributed by atoms with Gasteiger partial charge in [-0.1, -0.05) is 28.1 Å². The topological polar surface area (TPSA) is 75.7 Å². The Morgan fingerprint density at radius 3 is 2.38 bits per heavy atom. The number of para-hydroxylation sites is 2. The van der Waals surface area contributed by atoms with Gasteiger partial charge in [-0.15, -0.1) is 0 Å². The molecule has 0 saturated carbocycles. The minimum absolute atomic E-state index is 0.335. The molecule has 0 spiro atoms.